The molecule has 0 fully saturated rings. The lowest BCUT2D eigenvalue weighted by molar-refractivity contribution is -0.677. The number of halogens is 1. The maximum atomic E-state index is 2.38. The molecule has 0 aliphatic rings. The molecule has 0 amide bonds. The van der Waals surface area contributed by atoms with Gasteiger partial charge < -0.3 is 24.0 Å². The van der Waals surface area contributed by atoms with Crippen LogP contribution in [0.2, 0.25) is 0 Å². The Morgan fingerprint density at radius 1 is 1.06 bits per heavy atom. The molecular formula is C15H23IN2. The van der Waals surface area contributed by atoms with Crippen molar-refractivity contribution in [2.24, 2.45) is 11.8 Å². The largest absolute Gasteiger partial charge is 1.00 e. The Kier molecular flexibility index (Phi) is 5.63. The van der Waals surface area contributed by atoms with Gasteiger partial charge in [0.2, 0.25) is 6.33 Å². The minimum absolute atomic E-state index is 0. The fourth-order valence-electron chi connectivity index (χ4n) is 2.32. The van der Waals surface area contributed by atoms with E-state index in [4.69, 9.17) is 0 Å². The van der Waals surface area contributed by atoms with Crippen LogP contribution in [0.3, 0.4) is 0 Å². The molecule has 1 heterocycles. The molecule has 0 bridgehead atoms. The first-order valence-corrected chi connectivity index (χ1v) is 6.55. The number of fused-ring (bicyclic) bond motifs is 1. The molecule has 2 nitrogen and oxygen atoms in total. The Morgan fingerprint density at radius 3 is 2.33 bits per heavy atom. The van der Waals surface area contributed by atoms with Crippen molar-refractivity contribution in [3.8, 4) is 0 Å². The van der Waals surface area contributed by atoms with Crippen LogP contribution in [0, 0.1) is 11.8 Å². The lowest BCUT2D eigenvalue weighted by Gasteiger charge is -2.01. The van der Waals surface area contributed by atoms with E-state index < -0.39 is 0 Å². The molecule has 0 atom stereocenters. The standard InChI is InChI=1S/C15H23N2.HI/c1-12(2)9-16-11-17(10-13(3)4)15-8-6-5-7-14(15)16;/h5-8,11-13H,9-10H2,1-4H3;1H/q+1;/p-1. The van der Waals surface area contributed by atoms with Gasteiger partial charge >= 0.3 is 0 Å². The Labute approximate surface area is 127 Å². The van der Waals surface area contributed by atoms with Gasteiger partial charge in [0, 0.05) is 0 Å². The van der Waals surface area contributed by atoms with Crippen LogP contribution >= 0.6 is 0 Å². The van der Waals surface area contributed by atoms with Gasteiger partial charge in [-0.1, -0.05) is 39.8 Å². The molecule has 0 saturated heterocycles. The van der Waals surface area contributed by atoms with Crippen LogP contribution in [0.5, 0.6) is 0 Å². The minimum Gasteiger partial charge on any atom is -1.00 e. The topological polar surface area (TPSA) is 8.81 Å². The van der Waals surface area contributed by atoms with E-state index in [0.717, 1.165) is 13.1 Å². The number of hydrogen-bond donors (Lipinski definition) is 0. The van der Waals surface area contributed by atoms with E-state index in [2.05, 4.69) is 67.4 Å². The van der Waals surface area contributed by atoms with Gasteiger partial charge in [0.25, 0.3) is 0 Å². The first kappa shape index (κ1) is 15.5. The summed E-state index contributed by atoms with van der Waals surface area (Å²) in [5.41, 5.74) is 2.70. The molecule has 0 N–H and O–H groups in total. The van der Waals surface area contributed by atoms with Gasteiger partial charge in [-0.3, -0.25) is 0 Å². The second-order valence-electron chi connectivity index (χ2n) is 5.70. The zero-order chi connectivity index (χ0) is 12.4. The van der Waals surface area contributed by atoms with Crippen LogP contribution in [0.1, 0.15) is 27.7 Å². The summed E-state index contributed by atoms with van der Waals surface area (Å²) >= 11 is 0. The predicted molar refractivity (Wildman–Crippen MR) is 71.8 cm³/mol. The Hall–Kier alpha value is -0.580. The summed E-state index contributed by atoms with van der Waals surface area (Å²) in [6, 6.07) is 8.68. The van der Waals surface area contributed by atoms with E-state index in [1.54, 1.807) is 0 Å². The first-order valence-electron chi connectivity index (χ1n) is 6.55. The first-order chi connectivity index (χ1) is 8.08. The Morgan fingerprint density at radius 2 is 1.72 bits per heavy atom. The van der Waals surface area contributed by atoms with Crippen molar-refractivity contribution in [3.63, 3.8) is 0 Å². The summed E-state index contributed by atoms with van der Waals surface area (Å²) in [4.78, 5) is 0. The number of para-hydroxylation sites is 2. The number of hydrogen-bond acceptors (Lipinski definition) is 0. The van der Waals surface area contributed by atoms with Gasteiger partial charge in [0.15, 0.2) is 11.0 Å². The molecule has 0 saturated carbocycles. The summed E-state index contributed by atoms with van der Waals surface area (Å²) in [6.07, 6.45) is 2.27. The highest BCUT2D eigenvalue weighted by Crippen LogP contribution is 2.13. The van der Waals surface area contributed by atoms with Gasteiger partial charge in [-0.05, 0) is 24.0 Å². The van der Waals surface area contributed by atoms with Crippen molar-refractivity contribution in [1.82, 2.24) is 4.57 Å². The maximum absolute atomic E-state index is 2.38. The zero-order valence-electron chi connectivity index (χ0n) is 11.7. The number of imidazole rings is 1. The van der Waals surface area contributed by atoms with Gasteiger partial charge in [0.1, 0.15) is 0 Å². The highest BCUT2D eigenvalue weighted by Gasteiger charge is 2.16. The molecule has 0 unspecified atom stereocenters. The minimum atomic E-state index is 0. The predicted octanol–water partition coefficient (Wildman–Crippen LogP) is 0.245. The van der Waals surface area contributed by atoms with Crippen molar-refractivity contribution in [2.75, 3.05) is 0 Å². The van der Waals surface area contributed by atoms with E-state index in [-0.39, 0.29) is 24.0 Å². The fourth-order valence-corrected chi connectivity index (χ4v) is 2.32. The maximum Gasteiger partial charge on any atom is 0.244 e. The number of aromatic nitrogens is 2. The molecule has 0 radical (unpaired) electrons. The van der Waals surface area contributed by atoms with Gasteiger partial charge in [-0.2, -0.15) is 0 Å². The van der Waals surface area contributed by atoms with Crippen LogP contribution in [0.15, 0.2) is 30.6 Å². The van der Waals surface area contributed by atoms with Crippen molar-refractivity contribution >= 4 is 11.0 Å². The third-order valence-corrected chi connectivity index (χ3v) is 2.90. The van der Waals surface area contributed by atoms with Gasteiger partial charge in [-0.25, -0.2) is 9.13 Å². The smallest absolute Gasteiger partial charge is 0.244 e. The average molecular weight is 358 g/mol. The van der Waals surface area contributed by atoms with Crippen LogP contribution < -0.4 is 28.5 Å². The summed E-state index contributed by atoms with van der Waals surface area (Å²) in [7, 11) is 0. The number of rotatable bonds is 4. The lowest BCUT2D eigenvalue weighted by atomic mass is 10.2. The van der Waals surface area contributed by atoms with Crippen LogP contribution in [-0.4, -0.2) is 4.57 Å². The highest BCUT2D eigenvalue weighted by molar-refractivity contribution is 5.71. The highest BCUT2D eigenvalue weighted by atomic mass is 127. The van der Waals surface area contributed by atoms with Crippen molar-refractivity contribution in [1.29, 1.82) is 0 Å². The molecule has 0 aliphatic heterocycles. The van der Waals surface area contributed by atoms with Crippen molar-refractivity contribution in [2.45, 2.75) is 40.8 Å². The third-order valence-electron chi connectivity index (χ3n) is 2.90. The van der Waals surface area contributed by atoms with E-state index in [1.807, 2.05) is 0 Å². The number of nitrogens with zero attached hydrogens (tertiary/aromatic N) is 2. The molecule has 3 heteroatoms. The summed E-state index contributed by atoms with van der Waals surface area (Å²) < 4.78 is 4.75. The SMILES string of the molecule is CC(C)Cn1c[n+](CC(C)C)c2ccccc21.[I-]. The van der Waals surface area contributed by atoms with Crippen LogP contribution in [0.25, 0.3) is 11.0 Å². The van der Waals surface area contributed by atoms with Crippen molar-refractivity contribution < 1.29 is 28.5 Å². The normalized spacial score (nSPS) is 11.2. The van der Waals surface area contributed by atoms with Gasteiger partial charge in [-0.15, -0.1) is 0 Å². The summed E-state index contributed by atoms with van der Waals surface area (Å²) in [5, 5.41) is 0. The van der Waals surface area contributed by atoms with Crippen LogP contribution in [-0.2, 0) is 13.1 Å². The zero-order valence-corrected chi connectivity index (χ0v) is 13.9. The Bertz CT molecular complexity index is 456. The molecule has 100 valence electrons. The fraction of sp³-hybridized carbons (Fsp3) is 0.533. The molecule has 2 aromatic rings. The van der Waals surface area contributed by atoms with Gasteiger partial charge in [0.05, 0.1) is 13.1 Å². The Balaban J connectivity index is 0.00000162. The molecule has 1 aromatic carbocycles. The molecular weight excluding hydrogens is 335 g/mol. The van der Waals surface area contributed by atoms with Crippen molar-refractivity contribution in [3.05, 3.63) is 30.6 Å². The molecule has 2 rings (SSSR count). The quantitative estimate of drug-likeness (QED) is 0.547. The molecule has 0 aliphatic carbocycles. The number of benzene rings is 1. The lowest BCUT2D eigenvalue weighted by Crippen LogP contribution is -3.00. The van der Waals surface area contributed by atoms with E-state index in [1.165, 1.54) is 11.0 Å². The third kappa shape index (κ3) is 3.46. The second kappa shape index (κ2) is 6.55. The molecule has 18 heavy (non-hydrogen) atoms. The summed E-state index contributed by atoms with van der Waals surface area (Å²) in [5.74, 6) is 1.36. The van der Waals surface area contributed by atoms with Crippen LogP contribution in [0.4, 0.5) is 0 Å². The monoisotopic (exact) mass is 358 g/mol. The van der Waals surface area contributed by atoms with E-state index in [0.29, 0.717) is 11.8 Å². The molecule has 1 aromatic heterocycles. The van der Waals surface area contributed by atoms with E-state index in [9.17, 15) is 0 Å². The average Bonchev–Trinajstić information content (AvgIpc) is 2.56. The summed E-state index contributed by atoms with van der Waals surface area (Å²) in [6.45, 7) is 11.2. The molecule has 0 spiro atoms. The van der Waals surface area contributed by atoms with E-state index >= 15 is 0 Å². The second-order valence-corrected chi connectivity index (χ2v) is 5.70.